The van der Waals surface area contributed by atoms with E-state index in [1.807, 2.05) is 9.80 Å². The van der Waals surface area contributed by atoms with Crippen LogP contribution >= 0.6 is 0 Å². The Morgan fingerprint density at radius 1 is 1.16 bits per heavy atom. The van der Waals surface area contributed by atoms with Crippen molar-refractivity contribution in [3.63, 3.8) is 0 Å². The van der Waals surface area contributed by atoms with Crippen LogP contribution in [0.5, 0.6) is 0 Å². The molecule has 1 aliphatic heterocycles. The quantitative estimate of drug-likeness (QED) is 0.859. The van der Waals surface area contributed by atoms with Crippen LogP contribution in [-0.2, 0) is 11.2 Å². The van der Waals surface area contributed by atoms with Crippen molar-refractivity contribution in [2.75, 3.05) is 31.1 Å². The summed E-state index contributed by atoms with van der Waals surface area (Å²) in [6.07, 6.45) is 2.70. The molecule has 0 saturated carbocycles. The molecule has 3 rings (SSSR count). The van der Waals surface area contributed by atoms with Gasteiger partial charge in [0.05, 0.1) is 5.56 Å². The van der Waals surface area contributed by atoms with Gasteiger partial charge in [0.15, 0.2) is 0 Å². The van der Waals surface area contributed by atoms with E-state index in [9.17, 15) is 14.4 Å². The number of amides is 1. The molecule has 0 spiro atoms. The molecule has 1 aliphatic rings. The van der Waals surface area contributed by atoms with E-state index in [-0.39, 0.29) is 11.7 Å². The summed E-state index contributed by atoms with van der Waals surface area (Å²) in [7, 11) is 0. The predicted molar refractivity (Wildman–Crippen MR) is 92.5 cm³/mol. The molecule has 1 amide bonds. The summed E-state index contributed by atoms with van der Waals surface area (Å²) in [5, 5.41) is 9.18. The van der Waals surface area contributed by atoms with Crippen molar-refractivity contribution in [1.82, 2.24) is 9.88 Å². The molecule has 6 heteroatoms. The van der Waals surface area contributed by atoms with Crippen molar-refractivity contribution in [3.8, 4) is 6.07 Å². The maximum Gasteiger partial charge on any atom is 0.223 e. The standard InChI is InChI=1S/C19H19FN4O/c20-17-6-3-15(4-7-17)5-8-18(25)23-10-12-24(13-11-23)19-16(14-21)2-1-9-22-19/h1-4,6-7,9H,5,8,10-13H2. The Kier molecular flexibility index (Phi) is 5.24. The van der Waals surface area contributed by atoms with Crippen LogP contribution in [0.25, 0.3) is 0 Å². The SMILES string of the molecule is N#Cc1cccnc1N1CCN(C(=O)CCc2ccc(F)cc2)CC1. The lowest BCUT2D eigenvalue weighted by Gasteiger charge is -2.35. The van der Waals surface area contributed by atoms with Crippen LogP contribution in [0.4, 0.5) is 10.2 Å². The molecule has 1 aromatic heterocycles. The summed E-state index contributed by atoms with van der Waals surface area (Å²) in [5.41, 5.74) is 1.51. The number of hydrogen-bond acceptors (Lipinski definition) is 4. The largest absolute Gasteiger partial charge is 0.352 e. The molecule has 128 valence electrons. The van der Waals surface area contributed by atoms with Gasteiger partial charge in [0.1, 0.15) is 17.7 Å². The van der Waals surface area contributed by atoms with E-state index in [1.165, 1.54) is 12.1 Å². The van der Waals surface area contributed by atoms with Gasteiger partial charge in [0, 0.05) is 38.8 Å². The second-order valence-corrected chi connectivity index (χ2v) is 5.98. The van der Waals surface area contributed by atoms with Gasteiger partial charge in [-0.1, -0.05) is 12.1 Å². The van der Waals surface area contributed by atoms with Crippen molar-refractivity contribution in [1.29, 1.82) is 5.26 Å². The van der Waals surface area contributed by atoms with Crippen LogP contribution < -0.4 is 4.90 Å². The van der Waals surface area contributed by atoms with E-state index in [0.717, 1.165) is 5.56 Å². The Hall–Kier alpha value is -2.94. The van der Waals surface area contributed by atoms with Gasteiger partial charge in [-0.25, -0.2) is 9.37 Å². The molecule has 1 fully saturated rings. The van der Waals surface area contributed by atoms with Crippen LogP contribution in [0.3, 0.4) is 0 Å². The Labute approximate surface area is 146 Å². The monoisotopic (exact) mass is 338 g/mol. The molecule has 0 N–H and O–H groups in total. The first-order valence-corrected chi connectivity index (χ1v) is 8.29. The molecule has 0 atom stereocenters. The maximum atomic E-state index is 12.9. The van der Waals surface area contributed by atoms with Gasteiger partial charge >= 0.3 is 0 Å². The number of benzene rings is 1. The number of nitrogens with zero attached hydrogens (tertiary/aromatic N) is 4. The van der Waals surface area contributed by atoms with Gasteiger partial charge in [-0.2, -0.15) is 5.26 Å². The third-order valence-electron chi connectivity index (χ3n) is 4.38. The van der Waals surface area contributed by atoms with E-state index in [0.29, 0.717) is 50.4 Å². The van der Waals surface area contributed by atoms with E-state index < -0.39 is 0 Å². The number of aryl methyl sites for hydroxylation is 1. The normalized spacial score (nSPS) is 14.2. The number of anilines is 1. The summed E-state index contributed by atoms with van der Waals surface area (Å²) in [4.78, 5) is 20.6. The van der Waals surface area contributed by atoms with Crippen LogP contribution in [0, 0.1) is 17.1 Å². The van der Waals surface area contributed by atoms with Gasteiger partial charge < -0.3 is 9.80 Å². The van der Waals surface area contributed by atoms with E-state index in [2.05, 4.69) is 11.1 Å². The lowest BCUT2D eigenvalue weighted by Crippen LogP contribution is -2.49. The predicted octanol–water partition coefficient (Wildman–Crippen LogP) is 2.37. The van der Waals surface area contributed by atoms with Gasteiger partial charge in [0.25, 0.3) is 0 Å². The number of hydrogen-bond donors (Lipinski definition) is 0. The zero-order valence-electron chi connectivity index (χ0n) is 13.9. The molecule has 1 aromatic carbocycles. The van der Waals surface area contributed by atoms with Gasteiger partial charge in [-0.3, -0.25) is 4.79 Å². The van der Waals surface area contributed by atoms with Crippen LogP contribution in [0.2, 0.25) is 0 Å². The lowest BCUT2D eigenvalue weighted by atomic mass is 10.1. The lowest BCUT2D eigenvalue weighted by molar-refractivity contribution is -0.131. The van der Waals surface area contributed by atoms with E-state index in [4.69, 9.17) is 0 Å². The van der Waals surface area contributed by atoms with E-state index >= 15 is 0 Å². The number of halogens is 1. The summed E-state index contributed by atoms with van der Waals surface area (Å²) in [5.74, 6) is 0.520. The number of nitriles is 1. The molecule has 0 aliphatic carbocycles. The first-order chi connectivity index (χ1) is 12.2. The molecule has 0 bridgehead atoms. The molecule has 0 radical (unpaired) electrons. The number of carbonyl (C=O) groups excluding carboxylic acids is 1. The fourth-order valence-electron chi connectivity index (χ4n) is 2.96. The first-order valence-electron chi connectivity index (χ1n) is 8.29. The number of rotatable bonds is 4. The minimum Gasteiger partial charge on any atom is -0.352 e. The Bertz CT molecular complexity index is 777. The number of carbonyl (C=O) groups is 1. The second-order valence-electron chi connectivity index (χ2n) is 5.98. The van der Waals surface area contributed by atoms with Crippen molar-refractivity contribution >= 4 is 11.7 Å². The molecular formula is C19H19FN4O. The Morgan fingerprint density at radius 2 is 1.88 bits per heavy atom. The van der Waals surface area contributed by atoms with Crippen LogP contribution in [0.15, 0.2) is 42.6 Å². The smallest absolute Gasteiger partial charge is 0.223 e. The number of piperazine rings is 1. The van der Waals surface area contributed by atoms with Crippen molar-refractivity contribution in [3.05, 3.63) is 59.5 Å². The first kappa shape index (κ1) is 16.9. The highest BCUT2D eigenvalue weighted by molar-refractivity contribution is 5.76. The van der Waals surface area contributed by atoms with Crippen LogP contribution in [0.1, 0.15) is 17.5 Å². The third-order valence-corrected chi connectivity index (χ3v) is 4.38. The molecule has 2 heterocycles. The molecule has 0 unspecified atom stereocenters. The minimum atomic E-state index is -0.266. The zero-order valence-corrected chi connectivity index (χ0v) is 13.9. The van der Waals surface area contributed by atoms with Crippen molar-refractivity contribution in [2.24, 2.45) is 0 Å². The average Bonchev–Trinajstić information content (AvgIpc) is 2.67. The summed E-state index contributed by atoms with van der Waals surface area (Å²) in [6.45, 7) is 2.55. The number of pyridine rings is 1. The molecule has 5 nitrogen and oxygen atoms in total. The van der Waals surface area contributed by atoms with Gasteiger partial charge in [-0.15, -0.1) is 0 Å². The zero-order chi connectivity index (χ0) is 17.6. The average molecular weight is 338 g/mol. The van der Waals surface area contributed by atoms with Crippen molar-refractivity contribution in [2.45, 2.75) is 12.8 Å². The number of aromatic nitrogens is 1. The second kappa shape index (κ2) is 7.75. The Morgan fingerprint density at radius 3 is 2.56 bits per heavy atom. The van der Waals surface area contributed by atoms with Gasteiger partial charge in [-0.05, 0) is 36.2 Å². The van der Waals surface area contributed by atoms with Gasteiger partial charge in [0.2, 0.25) is 5.91 Å². The molecule has 1 saturated heterocycles. The Balaban J connectivity index is 1.52. The van der Waals surface area contributed by atoms with E-state index in [1.54, 1.807) is 30.5 Å². The fourth-order valence-corrected chi connectivity index (χ4v) is 2.96. The molecule has 25 heavy (non-hydrogen) atoms. The molecule has 2 aromatic rings. The fraction of sp³-hybridized carbons (Fsp3) is 0.316. The topological polar surface area (TPSA) is 60.2 Å². The summed E-state index contributed by atoms with van der Waals surface area (Å²) < 4.78 is 12.9. The summed E-state index contributed by atoms with van der Waals surface area (Å²) >= 11 is 0. The van der Waals surface area contributed by atoms with Crippen molar-refractivity contribution < 1.29 is 9.18 Å². The van der Waals surface area contributed by atoms with Crippen LogP contribution in [-0.4, -0.2) is 42.0 Å². The highest BCUT2D eigenvalue weighted by Crippen LogP contribution is 2.18. The highest BCUT2D eigenvalue weighted by atomic mass is 19.1. The summed E-state index contributed by atoms with van der Waals surface area (Å²) in [6, 6.07) is 11.9. The molecular weight excluding hydrogens is 319 g/mol. The third kappa shape index (κ3) is 4.13. The maximum absolute atomic E-state index is 12.9. The minimum absolute atomic E-state index is 0.102. The highest BCUT2D eigenvalue weighted by Gasteiger charge is 2.23.